The van der Waals surface area contributed by atoms with Crippen LogP contribution in [0.25, 0.3) is 0 Å². The third kappa shape index (κ3) is 5.71. The lowest BCUT2D eigenvalue weighted by atomic mass is 9.95. The van der Waals surface area contributed by atoms with E-state index in [2.05, 4.69) is 17.4 Å². The number of amides is 1. The second-order valence-corrected chi connectivity index (χ2v) is 8.09. The van der Waals surface area contributed by atoms with Gasteiger partial charge in [-0.3, -0.25) is 4.79 Å². The second kappa shape index (κ2) is 8.77. The molecule has 2 N–H and O–H groups in total. The molecular formula is C19H29NO3S. The molecule has 1 saturated heterocycles. The fraction of sp³-hybridized carbons (Fsp3) is 0.632. The van der Waals surface area contributed by atoms with Gasteiger partial charge in [0.1, 0.15) is 11.4 Å². The number of nitrogens with one attached hydrogen (secondary N) is 1. The average molecular weight is 352 g/mol. The van der Waals surface area contributed by atoms with Crippen molar-refractivity contribution in [1.29, 1.82) is 0 Å². The minimum Gasteiger partial charge on any atom is -0.491 e. The highest BCUT2D eigenvalue weighted by Gasteiger charge is 2.37. The summed E-state index contributed by atoms with van der Waals surface area (Å²) in [6.45, 7) is 6.02. The number of carbonyl (C=O) groups excluding carboxylic acids is 1. The van der Waals surface area contributed by atoms with Gasteiger partial charge >= 0.3 is 0 Å². The average Bonchev–Trinajstić information content (AvgIpc) is 2.54. The van der Waals surface area contributed by atoms with Crippen LogP contribution < -0.4 is 10.1 Å². The maximum atomic E-state index is 12.3. The molecule has 1 aliphatic heterocycles. The van der Waals surface area contributed by atoms with Gasteiger partial charge in [-0.25, -0.2) is 0 Å². The summed E-state index contributed by atoms with van der Waals surface area (Å²) in [4.78, 5) is 12.3. The molecule has 0 aliphatic carbocycles. The lowest BCUT2D eigenvalue weighted by molar-refractivity contribution is -0.141. The van der Waals surface area contributed by atoms with Crippen molar-refractivity contribution in [1.82, 2.24) is 5.32 Å². The number of hydrogen-bond acceptors (Lipinski definition) is 4. The van der Waals surface area contributed by atoms with Gasteiger partial charge in [-0.15, -0.1) is 0 Å². The van der Waals surface area contributed by atoms with Crippen molar-refractivity contribution in [2.75, 3.05) is 11.5 Å². The van der Waals surface area contributed by atoms with Crippen molar-refractivity contribution < 1.29 is 14.6 Å². The van der Waals surface area contributed by atoms with Crippen molar-refractivity contribution >= 4 is 17.7 Å². The quantitative estimate of drug-likeness (QED) is 0.792. The van der Waals surface area contributed by atoms with Gasteiger partial charge in [0.05, 0.1) is 6.10 Å². The van der Waals surface area contributed by atoms with E-state index in [1.165, 1.54) is 5.56 Å². The Labute approximate surface area is 149 Å². The summed E-state index contributed by atoms with van der Waals surface area (Å²) in [6, 6.07) is 8.15. The number of aliphatic hydroxyl groups is 1. The van der Waals surface area contributed by atoms with Gasteiger partial charge in [0.15, 0.2) is 0 Å². The molecule has 4 nitrogen and oxygen atoms in total. The summed E-state index contributed by atoms with van der Waals surface area (Å²) < 4.78 is 5.64. The minimum absolute atomic E-state index is 0.0442. The van der Waals surface area contributed by atoms with E-state index in [9.17, 15) is 9.90 Å². The smallest absolute Gasteiger partial charge is 0.252 e. The number of hydrogen-bond donors (Lipinski definition) is 2. The standard InChI is InChI=1S/C19H29NO3S/c1-14(2)23-17-8-6-16(7-9-17)5-4-15(3)20-18(21)19(22)10-12-24-13-11-19/h6-9,14-15,22H,4-5,10-13H2,1-3H3,(H,20,21). The predicted octanol–water partition coefficient (Wildman–Crippen LogP) is 3.17. The monoisotopic (exact) mass is 351 g/mol. The molecule has 1 heterocycles. The van der Waals surface area contributed by atoms with Gasteiger partial charge in [0, 0.05) is 6.04 Å². The lowest BCUT2D eigenvalue weighted by Gasteiger charge is -2.31. The maximum absolute atomic E-state index is 12.3. The van der Waals surface area contributed by atoms with Crippen molar-refractivity contribution in [3.05, 3.63) is 29.8 Å². The zero-order chi connectivity index (χ0) is 17.6. The summed E-state index contributed by atoms with van der Waals surface area (Å²) in [5, 5.41) is 13.4. The number of benzene rings is 1. The van der Waals surface area contributed by atoms with E-state index >= 15 is 0 Å². The van der Waals surface area contributed by atoms with Crippen LogP contribution in [-0.4, -0.2) is 40.3 Å². The summed E-state index contributed by atoms with van der Waals surface area (Å²) in [5.74, 6) is 2.37. The molecule has 0 radical (unpaired) electrons. The Hall–Kier alpha value is -1.20. The molecule has 134 valence electrons. The van der Waals surface area contributed by atoms with Crippen LogP contribution in [0, 0.1) is 0 Å². The van der Waals surface area contributed by atoms with Crippen LogP contribution in [0.15, 0.2) is 24.3 Å². The zero-order valence-electron chi connectivity index (χ0n) is 14.9. The summed E-state index contributed by atoms with van der Waals surface area (Å²) in [6.07, 6.45) is 3.01. The molecule has 0 bridgehead atoms. The van der Waals surface area contributed by atoms with Crippen LogP contribution in [0.3, 0.4) is 0 Å². The second-order valence-electron chi connectivity index (χ2n) is 6.87. The number of aryl methyl sites for hydroxylation is 1. The Morgan fingerprint density at radius 2 is 1.88 bits per heavy atom. The molecular weight excluding hydrogens is 322 g/mol. The summed E-state index contributed by atoms with van der Waals surface area (Å²) in [7, 11) is 0. The Morgan fingerprint density at radius 3 is 2.46 bits per heavy atom. The molecule has 0 saturated carbocycles. The molecule has 1 amide bonds. The van der Waals surface area contributed by atoms with Crippen molar-refractivity contribution in [2.24, 2.45) is 0 Å². The van der Waals surface area contributed by atoms with E-state index in [0.717, 1.165) is 30.1 Å². The van der Waals surface area contributed by atoms with E-state index in [4.69, 9.17) is 4.74 Å². The normalized spacial score (nSPS) is 18.2. The van der Waals surface area contributed by atoms with Crippen LogP contribution in [0.1, 0.15) is 45.6 Å². The van der Waals surface area contributed by atoms with Crippen molar-refractivity contribution in [2.45, 2.75) is 64.2 Å². The van der Waals surface area contributed by atoms with E-state index in [1.54, 1.807) is 11.8 Å². The molecule has 2 rings (SSSR count). The molecule has 1 unspecified atom stereocenters. The van der Waals surface area contributed by atoms with Crippen LogP contribution >= 0.6 is 11.8 Å². The van der Waals surface area contributed by atoms with Crippen LogP contribution in [0.4, 0.5) is 0 Å². The van der Waals surface area contributed by atoms with Gasteiger partial charge in [-0.1, -0.05) is 12.1 Å². The molecule has 1 aliphatic rings. The lowest BCUT2D eigenvalue weighted by Crippen LogP contribution is -2.51. The van der Waals surface area contributed by atoms with Gasteiger partial charge in [0.2, 0.25) is 0 Å². The van der Waals surface area contributed by atoms with E-state index in [1.807, 2.05) is 32.9 Å². The Bertz CT molecular complexity index is 524. The third-order valence-electron chi connectivity index (χ3n) is 4.28. The first kappa shape index (κ1) is 19.1. The van der Waals surface area contributed by atoms with E-state index in [0.29, 0.717) is 12.8 Å². The molecule has 1 fully saturated rings. The van der Waals surface area contributed by atoms with E-state index in [-0.39, 0.29) is 18.1 Å². The Balaban J connectivity index is 1.78. The van der Waals surface area contributed by atoms with Crippen molar-refractivity contribution in [3.8, 4) is 5.75 Å². The molecule has 5 heteroatoms. The van der Waals surface area contributed by atoms with Gasteiger partial charge < -0.3 is 15.2 Å². The number of carbonyl (C=O) groups is 1. The highest BCUT2D eigenvalue weighted by atomic mass is 32.2. The van der Waals surface area contributed by atoms with Gasteiger partial charge in [0.25, 0.3) is 5.91 Å². The molecule has 1 aromatic carbocycles. The number of thioether (sulfide) groups is 1. The third-order valence-corrected chi connectivity index (χ3v) is 5.27. The van der Waals surface area contributed by atoms with Gasteiger partial charge in [-0.05, 0) is 75.7 Å². The van der Waals surface area contributed by atoms with Crippen LogP contribution in [0.2, 0.25) is 0 Å². The highest BCUT2D eigenvalue weighted by Crippen LogP contribution is 2.27. The summed E-state index contributed by atoms with van der Waals surface area (Å²) in [5.41, 5.74) is 0.0509. The Kier molecular flexibility index (Phi) is 6.99. The van der Waals surface area contributed by atoms with Crippen molar-refractivity contribution in [3.63, 3.8) is 0 Å². The van der Waals surface area contributed by atoms with Gasteiger partial charge in [-0.2, -0.15) is 11.8 Å². The first-order valence-electron chi connectivity index (χ1n) is 8.76. The molecule has 24 heavy (non-hydrogen) atoms. The SMILES string of the molecule is CC(CCc1ccc(OC(C)C)cc1)NC(=O)C1(O)CCSCC1. The largest absolute Gasteiger partial charge is 0.491 e. The topological polar surface area (TPSA) is 58.6 Å². The number of rotatable bonds is 7. The minimum atomic E-state index is -1.17. The fourth-order valence-electron chi connectivity index (χ4n) is 2.76. The fourth-order valence-corrected chi connectivity index (χ4v) is 3.92. The first-order chi connectivity index (χ1) is 11.4. The number of ether oxygens (including phenoxy) is 1. The van der Waals surface area contributed by atoms with Crippen LogP contribution in [0.5, 0.6) is 5.75 Å². The molecule has 0 spiro atoms. The zero-order valence-corrected chi connectivity index (χ0v) is 15.7. The predicted molar refractivity (Wildman–Crippen MR) is 99.6 cm³/mol. The summed E-state index contributed by atoms with van der Waals surface area (Å²) >= 11 is 1.80. The molecule has 0 aromatic heterocycles. The molecule has 1 atom stereocenters. The van der Waals surface area contributed by atoms with Crippen LogP contribution in [-0.2, 0) is 11.2 Å². The van der Waals surface area contributed by atoms with E-state index < -0.39 is 5.60 Å². The highest BCUT2D eigenvalue weighted by molar-refractivity contribution is 7.99. The molecule has 1 aromatic rings. The first-order valence-corrected chi connectivity index (χ1v) is 9.91. The Morgan fingerprint density at radius 1 is 1.25 bits per heavy atom. The maximum Gasteiger partial charge on any atom is 0.252 e.